The van der Waals surface area contributed by atoms with E-state index in [4.69, 9.17) is 14.2 Å². The minimum atomic E-state index is 0.197. The molecule has 0 aliphatic carbocycles. The van der Waals surface area contributed by atoms with E-state index in [0.29, 0.717) is 6.61 Å². The highest BCUT2D eigenvalue weighted by Gasteiger charge is 2.37. The van der Waals surface area contributed by atoms with Gasteiger partial charge in [0.05, 0.1) is 19.8 Å². The Kier molecular flexibility index (Phi) is 4.76. The second kappa shape index (κ2) is 6.95. The van der Waals surface area contributed by atoms with Gasteiger partial charge in [-0.2, -0.15) is 0 Å². The van der Waals surface area contributed by atoms with Crippen molar-refractivity contribution in [2.45, 2.75) is 13.3 Å². The van der Waals surface area contributed by atoms with Crippen molar-refractivity contribution in [2.75, 3.05) is 26.6 Å². The number of hydrogen-bond acceptors (Lipinski definition) is 3. The molecular formula is C19H22O3. The minimum Gasteiger partial charge on any atom is -0.467 e. The van der Waals surface area contributed by atoms with Crippen molar-refractivity contribution in [1.82, 2.24) is 0 Å². The Bertz CT molecular complexity index is 585. The fourth-order valence-electron chi connectivity index (χ4n) is 2.59. The summed E-state index contributed by atoms with van der Waals surface area (Å²) >= 11 is 0. The van der Waals surface area contributed by atoms with Gasteiger partial charge < -0.3 is 14.2 Å². The van der Waals surface area contributed by atoms with Gasteiger partial charge in [-0.05, 0) is 18.1 Å². The molecule has 1 fully saturated rings. The molecule has 0 aromatic heterocycles. The van der Waals surface area contributed by atoms with Crippen molar-refractivity contribution in [1.29, 1.82) is 0 Å². The second-order valence-corrected chi connectivity index (χ2v) is 5.82. The van der Waals surface area contributed by atoms with Crippen molar-refractivity contribution in [3.63, 3.8) is 0 Å². The zero-order chi connectivity index (χ0) is 15.3. The summed E-state index contributed by atoms with van der Waals surface area (Å²) in [6, 6.07) is 18.3. The first-order valence-electron chi connectivity index (χ1n) is 7.76. The molecule has 0 unspecified atom stereocenters. The Morgan fingerprint density at radius 1 is 1.00 bits per heavy atom. The van der Waals surface area contributed by atoms with E-state index in [1.54, 1.807) is 0 Å². The van der Waals surface area contributed by atoms with Crippen LogP contribution in [0.15, 0.2) is 54.6 Å². The highest BCUT2D eigenvalue weighted by atomic mass is 16.7. The van der Waals surface area contributed by atoms with E-state index >= 15 is 0 Å². The number of benzene rings is 2. The SMILES string of the molecule is CCC1(COCOc2ccccc2-c2ccccc2)COC1. The highest BCUT2D eigenvalue weighted by molar-refractivity contribution is 5.70. The molecule has 3 rings (SSSR count). The van der Waals surface area contributed by atoms with Crippen LogP contribution in [0.4, 0.5) is 0 Å². The summed E-state index contributed by atoms with van der Waals surface area (Å²) in [6.45, 7) is 4.73. The topological polar surface area (TPSA) is 27.7 Å². The third kappa shape index (κ3) is 3.32. The van der Waals surface area contributed by atoms with Crippen LogP contribution < -0.4 is 4.74 Å². The van der Waals surface area contributed by atoms with Gasteiger partial charge in [0.25, 0.3) is 0 Å². The summed E-state index contributed by atoms with van der Waals surface area (Å²) in [5.74, 6) is 0.851. The summed E-state index contributed by atoms with van der Waals surface area (Å²) in [4.78, 5) is 0. The maximum atomic E-state index is 5.84. The van der Waals surface area contributed by atoms with Crippen LogP contribution in [0.3, 0.4) is 0 Å². The molecule has 0 N–H and O–H groups in total. The molecular weight excluding hydrogens is 276 g/mol. The standard InChI is InChI=1S/C19H22O3/c1-2-19(12-20-13-19)14-21-15-22-18-11-7-6-10-17(18)16-8-4-3-5-9-16/h3-11H,2,12-15H2,1H3. The summed E-state index contributed by atoms with van der Waals surface area (Å²) in [5, 5.41) is 0. The number of ether oxygens (including phenoxy) is 3. The van der Waals surface area contributed by atoms with Gasteiger partial charge in [0.2, 0.25) is 0 Å². The quantitative estimate of drug-likeness (QED) is 0.568. The van der Waals surface area contributed by atoms with Gasteiger partial charge >= 0.3 is 0 Å². The van der Waals surface area contributed by atoms with Gasteiger partial charge in [0, 0.05) is 11.0 Å². The van der Waals surface area contributed by atoms with E-state index in [-0.39, 0.29) is 12.2 Å². The molecule has 2 aromatic rings. The molecule has 1 heterocycles. The van der Waals surface area contributed by atoms with Crippen LogP contribution in [-0.2, 0) is 9.47 Å². The molecule has 3 nitrogen and oxygen atoms in total. The molecule has 0 atom stereocenters. The number of rotatable bonds is 7. The Morgan fingerprint density at radius 3 is 2.41 bits per heavy atom. The van der Waals surface area contributed by atoms with E-state index in [2.05, 4.69) is 25.1 Å². The van der Waals surface area contributed by atoms with Crippen molar-refractivity contribution in [3.8, 4) is 16.9 Å². The largest absolute Gasteiger partial charge is 0.467 e. The van der Waals surface area contributed by atoms with Crippen LogP contribution in [0.1, 0.15) is 13.3 Å². The highest BCUT2D eigenvalue weighted by Crippen LogP contribution is 2.32. The zero-order valence-corrected chi connectivity index (χ0v) is 13.0. The van der Waals surface area contributed by atoms with Crippen LogP contribution in [0.5, 0.6) is 5.75 Å². The first kappa shape index (κ1) is 15.1. The van der Waals surface area contributed by atoms with Crippen LogP contribution in [0, 0.1) is 5.41 Å². The van der Waals surface area contributed by atoms with Crippen LogP contribution >= 0.6 is 0 Å². The Morgan fingerprint density at radius 2 is 1.73 bits per heavy atom. The fraction of sp³-hybridized carbons (Fsp3) is 0.368. The van der Waals surface area contributed by atoms with Gasteiger partial charge in [-0.1, -0.05) is 55.5 Å². The molecule has 1 saturated heterocycles. The summed E-state index contributed by atoms with van der Waals surface area (Å²) in [6.07, 6.45) is 1.08. The van der Waals surface area contributed by atoms with Gasteiger partial charge in [0.15, 0.2) is 6.79 Å². The van der Waals surface area contributed by atoms with Gasteiger partial charge in [-0.3, -0.25) is 0 Å². The molecule has 0 bridgehead atoms. The number of para-hydroxylation sites is 1. The molecule has 0 amide bonds. The minimum absolute atomic E-state index is 0.197. The van der Waals surface area contributed by atoms with E-state index in [1.165, 1.54) is 0 Å². The maximum absolute atomic E-state index is 5.84. The Balaban J connectivity index is 1.59. The summed E-state index contributed by atoms with van der Waals surface area (Å²) in [5.41, 5.74) is 2.43. The molecule has 1 aliphatic heterocycles. The van der Waals surface area contributed by atoms with Crippen molar-refractivity contribution in [2.24, 2.45) is 5.41 Å². The van der Waals surface area contributed by atoms with Crippen LogP contribution in [0.2, 0.25) is 0 Å². The fourth-order valence-corrected chi connectivity index (χ4v) is 2.59. The van der Waals surface area contributed by atoms with Gasteiger partial charge in [-0.15, -0.1) is 0 Å². The molecule has 22 heavy (non-hydrogen) atoms. The zero-order valence-electron chi connectivity index (χ0n) is 13.0. The first-order chi connectivity index (χ1) is 10.8. The molecule has 2 aromatic carbocycles. The predicted molar refractivity (Wildman–Crippen MR) is 86.9 cm³/mol. The maximum Gasteiger partial charge on any atom is 0.189 e. The van der Waals surface area contributed by atoms with E-state index in [9.17, 15) is 0 Å². The van der Waals surface area contributed by atoms with E-state index in [1.807, 2.05) is 36.4 Å². The average Bonchev–Trinajstić information content (AvgIpc) is 2.55. The smallest absolute Gasteiger partial charge is 0.189 e. The van der Waals surface area contributed by atoms with Gasteiger partial charge in [0.1, 0.15) is 5.75 Å². The normalized spacial score (nSPS) is 16.0. The van der Waals surface area contributed by atoms with E-state index in [0.717, 1.165) is 36.5 Å². The van der Waals surface area contributed by atoms with Crippen molar-refractivity contribution < 1.29 is 14.2 Å². The molecule has 0 radical (unpaired) electrons. The Hall–Kier alpha value is -1.84. The molecule has 3 heteroatoms. The second-order valence-electron chi connectivity index (χ2n) is 5.82. The third-order valence-electron chi connectivity index (χ3n) is 4.24. The lowest BCUT2D eigenvalue weighted by molar-refractivity contribution is -0.162. The monoisotopic (exact) mass is 298 g/mol. The van der Waals surface area contributed by atoms with Crippen LogP contribution in [0.25, 0.3) is 11.1 Å². The molecule has 116 valence electrons. The molecule has 0 spiro atoms. The molecule has 0 saturated carbocycles. The third-order valence-corrected chi connectivity index (χ3v) is 4.24. The van der Waals surface area contributed by atoms with Crippen molar-refractivity contribution in [3.05, 3.63) is 54.6 Å². The average molecular weight is 298 g/mol. The first-order valence-corrected chi connectivity index (χ1v) is 7.76. The lowest BCUT2D eigenvalue weighted by Crippen LogP contribution is -2.45. The summed E-state index contributed by atoms with van der Waals surface area (Å²) in [7, 11) is 0. The lowest BCUT2D eigenvalue weighted by atomic mass is 9.84. The van der Waals surface area contributed by atoms with Gasteiger partial charge in [-0.25, -0.2) is 0 Å². The summed E-state index contributed by atoms with van der Waals surface area (Å²) < 4.78 is 16.9. The van der Waals surface area contributed by atoms with Crippen molar-refractivity contribution >= 4 is 0 Å². The molecule has 1 aliphatic rings. The Labute approximate surface area is 131 Å². The van der Waals surface area contributed by atoms with E-state index < -0.39 is 0 Å². The predicted octanol–water partition coefficient (Wildman–Crippen LogP) is 4.13. The lowest BCUT2D eigenvalue weighted by Gasteiger charge is -2.40. The van der Waals surface area contributed by atoms with Crippen LogP contribution in [-0.4, -0.2) is 26.6 Å². The number of hydrogen-bond donors (Lipinski definition) is 0.